The molecule has 30 heavy (non-hydrogen) atoms. The zero-order chi connectivity index (χ0) is 21.9. The Bertz CT molecular complexity index is 1160. The van der Waals surface area contributed by atoms with Gasteiger partial charge >= 0.3 is 0 Å². The number of anilines is 1. The van der Waals surface area contributed by atoms with Crippen molar-refractivity contribution in [1.82, 2.24) is 4.31 Å². The summed E-state index contributed by atoms with van der Waals surface area (Å²) in [5.41, 5.74) is 2.46. The van der Waals surface area contributed by atoms with Crippen molar-refractivity contribution in [2.75, 3.05) is 12.4 Å². The van der Waals surface area contributed by atoms with Crippen LogP contribution in [0.5, 0.6) is 0 Å². The molecule has 156 valence electrons. The summed E-state index contributed by atoms with van der Waals surface area (Å²) in [6.45, 7) is 2.05. The molecule has 0 fully saturated rings. The molecule has 5 nitrogen and oxygen atoms in total. The van der Waals surface area contributed by atoms with Crippen LogP contribution in [0, 0.1) is 12.7 Å². The molecule has 1 N–H and O–H groups in total. The SMILES string of the molecule is Cc1ccc(S(=O)(=O)N(C)Cc2ccc(C(=O)Nc3ccc(F)c(Cl)c3)cc2)cc1. The first-order valence-electron chi connectivity index (χ1n) is 9.05. The van der Waals surface area contributed by atoms with Crippen molar-refractivity contribution in [3.05, 3.63) is 94.3 Å². The van der Waals surface area contributed by atoms with E-state index in [1.54, 1.807) is 48.5 Å². The van der Waals surface area contributed by atoms with Crippen LogP contribution >= 0.6 is 11.6 Å². The van der Waals surface area contributed by atoms with Gasteiger partial charge in [0.25, 0.3) is 5.91 Å². The summed E-state index contributed by atoms with van der Waals surface area (Å²) in [5.74, 6) is -0.950. The molecule has 0 atom stereocenters. The highest BCUT2D eigenvalue weighted by atomic mass is 35.5. The van der Waals surface area contributed by atoms with E-state index in [2.05, 4.69) is 5.32 Å². The van der Waals surface area contributed by atoms with Gasteiger partial charge in [-0.1, -0.05) is 41.4 Å². The molecule has 0 saturated heterocycles. The largest absolute Gasteiger partial charge is 0.322 e. The number of sulfonamides is 1. The first kappa shape index (κ1) is 22.0. The van der Waals surface area contributed by atoms with Gasteiger partial charge in [-0.3, -0.25) is 4.79 Å². The number of halogens is 2. The van der Waals surface area contributed by atoms with Gasteiger partial charge in [-0.05, 0) is 55.0 Å². The van der Waals surface area contributed by atoms with E-state index in [1.807, 2.05) is 6.92 Å². The molecule has 0 aromatic heterocycles. The predicted octanol–water partition coefficient (Wildman–Crippen LogP) is 4.86. The molecule has 0 radical (unpaired) electrons. The summed E-state index contributed by atoms with van der Waals surface area (Å²) in [7, 11) is -2.11. The van der Waals surface area contributed by atoms with Gasteiger partial charge in [0.1, 0.15) is 5.82 Å². The number of hydrogen-bond donors (Lipinski definition) is 1. The number of nitrogens with zero attached hydrogens (tertiary/aromatic N) is 1. The third-order valence-corrected chi connectivity index (χ3v) is 6.64. The zero-order valence-corrected chi connectivity index (χ0v) is 18.0. The highest BCUT2D eigenvalue weighted by molar-refractivity contribution is 7.89. The van der Waals surface area contributed by atoms with Crippen LogP contribution in [0.3, 0.4) is 0 Å². The molecular weight excluding hydrogens is 427 g/mol. The Kier molecular flexibility index (Phi) is 6.55. The molecule has 3 rings (SSSR count). The fourth-order valence-corrected chi connectivity index (χ4v) is 4.11. The number of rotatable bonds is 6. The highest BCUT2D eigenvalue weighted by Crippen LogP contribution is 2.21. The summed E-state index contributed by atoms with van der Waals surface area (Å²) in [4.78, 5) is 12.6. The summed E-state index contributed by atoms with van der Waals surface area (Å²) >= 11 is 5.72. The average Bonchev–Trinajstić information content (AvgIpc) is 2.71. The summed E-state index contributed by atoms with van der Waals surface area (Å²) in [6.07, 6.45) is 0. The van der Waals surface area contributed by atoms with E-state index in [0.717, 1.165) is 11.1 Å². The topological polar surface area (TPSA) is 66.5 Å². The van der Waals surface area contributed by atoms with Crippen molar-refractivity contribution >= 4 is 33.2 Å². The van der Waals surface area contributed by atoms with Crippen LogP contribution in [0.4, 0.5) is 10.1 Å². The van der Waals surface area contributed by atoms with Gasteiger partial charge in [0.05, 0.1) is 9.92 Å². The number of benzene rings is 3. The van der Waals surface area contributed by atoms with Crippen LogP contribution in [0.25, 0.3) is 0 Å². The Labute approximate surface area is 180 Å². The molecule has 8 heteroatoms. The smallest absolute Gasteiger partial charge is 0.255 e. The second-order valence-electron chi connectivity index (χ2n) is 6.85. The van der Waals surface area contributed by atoms with E-state index in [1.165, 1.54) is 29.6 Å². The van der Waals surface area contributed by atoms with E-state index in [0.29, 0.717) is 11.3 Å². The van der Waals surface area contributed by atoms with Gasteiger partial charge < -0.3 is 5.32 Å². The van der Waals surface area contributed by atoms with Crippen molar-refractivity contribution in [2.45, 2.75) is 18.4 Å². The highest BCUT2D eigenvalue weighted by Gasteiger charge is 2.20. The fourth-order valence-electron chi connectivity index (χ4n) is 2.77. The maximum absolute atomic E-state index is 13.2. The summed E-state index contributed by atoms with van der Waals surface area (Å²) in [6, 6.07) is 17.2. The second kappa shape index (κ2) is 8.95. The van der Waals surface area contributed by atoms with E-state index >= 15 is 0 Å². The van der Waals surface area contributed by atoms with Crippen molar-refractivity contribution in [3.63, 3.8) is 0 Å². The number of aryl methyl sites for hydroxylation is 1. The first-order valence-corrected chi connectivity index (χ1v) is 10.9. The quantitative estimate of drug-likeness (QED) is 0.588. The molecule has 0 unspecified atom stereocenters. The maximum Gasteiger partial charge on any atom is 0.255 e. The monoisotopic (exact) mass is 446 g/mol. The minimum Gasteiger partial charge on any atom is -0.322 e. The van der Waals surface area contributed by atoms with Crippen LogP contribution in [0.15, 0.2) is 71.6 Å². The minimum atomic E-state index is -3.62. The third kappa shape index (κ3) is 5.05. The van der Waals surface area contributed by atoms with E-state index in [4.69, 9.17) is 11.6 Å². The van der Waals surface area contributed by atoms with Crippen molar-refractivity contribution in [3.8, 4) is 0 Å². The molecule has 0 aliphatic heterocycles. The Morgan fingerprint density at radius 3 is 2.27 bits per heavy atom. The Balaban J connectivity index is 1.68. The number of amides is 1. The van der Waals surface area contributed by atoms with Gasteiger partial charge in [-0.25, -0.2) is 12.8 Å². The van der Waals surface area contributed by atoms with E-state index < -0.39 is 15.8 Å². The van der Waals surface area contributed by atoms with E-state index in [9.17, 15) is 17.6 Å². The van der Waals surface area contributed by atoms with Crippen LogP contribution in [-0.2, 0) is 16.6 Å². The summed E-state index contributed by atoms with van der Waals surface area (Å²) < 4.78 is 39.9. The lowest BCUT2D eigenvalue weighted by Crippen LogP contribution is -2.26. The molecule has 0 bridgehead atoms. The molecule has 0 spiro atoms. The zero-order valence-electron chi connectivity index (χ0n) is 16.4. The molecular formula is C22H20ClFN2O3S. The lowest BCUT2D eigenvalue weighted by molar-refractivity contribution is 0.102. The standard InChI is InChI=1S/C22H20ClFN2O3S/c1-15-3-10-19(11-4-15)30(28,29)26(2)14-16-5-7-17(8-6-16)22(27)25-18-9-12-21(24)20(23)13-18/h3-13H,14H2,1-2H3,(H,25,27). The van der Waals surface area contributed by atoms with Crippen LogP contribution in [0.1, 0.15) is 21.5 Å². The predicted molar refractivity (Wildman–Crippen MR) is 116 cm³/mol. The number of hydrogen-bond acceptors (Lipinski definition) is 3. The van der Waals surface area contributed by atoms with Crippen molar-refractivity contribution in [1.29, 1.82) is 0 Å². The fraction of sp³-hybridized carbons (Fsp3) is 0.136. The molecule has 3 aromatic rings. The van der Waals surface area contributed by atoms with E-state index in [-0.39, 0.29) is 22.4 Å². The van der Waals surface area contributed by atoms with Gasteiger partial charge in [0.2, 0.25) is 10.0 Å². The second-order valence-corrected chi connectivity index (χ2v) is 9.31. The molecule has 0 saturated carbocycles. The lowest BCUT2D eigenvalue weighted by atomic mass is 10.1. The van der Waals surface area contributed by atoms with Crippen LogP contribution < -0.4 is 5.32 Å². The van der Waals surface area contributed by atoms with Gasteiger partial charge in [0.15, 0.2) is 0 Å². The molecule has 0 aliphatic carbocycles. The van der Waals surface area contributed by atoms with Gasteiger partial charge in [-0.2, -0.15) is 4.31 Å². The first-order chi connectivity index (χ1) is 14.2. The van der Waals surface area contributed by atoms with Crippen LogP contribution in [-0.4, -0.2) is 25.7 Å². The maximum atomic E-state index is 13.2. The van der Waals surface area contributed by atoms with Gasteiger partial charge in [0, 0.05) is 24.8 Å². The molecule has 0 heterocycles. The lowest BCUT2D eigenvalue weighted by Gasteiger charge is -2.17. The summed E-state index contributed by atoms with van der Waals surface area (Å²) in [5, 5.41) is 2.56. The number of carbonyl (C=O) groups excluding carboxylic acids is 1. The third-order valence-electron chi connectivity index (χ3n) is 4.53. The molecule has 3 aromatic carbocycles. The normalized spacial score (nSPS) is 11.5. The van der Waals surface area contributed by atoms with Gasteiger partial charge in [-0.15, -0.1) is 0 Å². The Morgan fingerprint density at radius 2 is 1.67 bits per heavy atom. The molecule has 1 amide bonds. The Morgan fingerprint density at radius 1 is 1.03 bits per heavy atom. The Hall–Kier alpha value is -2.74. The average molecular weight is 447 g/mol. The molecule has 0 aliphatic rings. The minimum absolute atomic E-state index is 0.0824. The van der Waals surface area contributed by atoms with Crippen LogP contribution in [0.2, 0.25) is 5.02 Å². The number of carbonyl (C=O) groups is 1. The van der Waals surface area contributed by atoms with Crippen molar-refractivity contribution in [2.24, 2.45) is 0 Å². The number of nitrogens with one attached hydrogen (secondary N) is 1. The van der Waals surface area contributed by atoms with Crippen molar-refractivity contribution < 1.29 is 17.6 Å².